The summed E-state index contributed by atoms with van der Waals surface area (Å²) in [6, 6.07) is 3.67. The van der Waals surface area contributed by atoms with Crippen LogP contribution in [0.4, 0.5) is 11.4 Å². The maximum Gasteiger partial charge on any atom is 0.0726 e. The number of rotatable bonds is 1. The van der Waals surface area contributed by atoms with Crippen LogP contribution in [0.1, 0.15) is 13.8 Å². The molecule has 0 aromatic heterocycles. The van der Waals surface area contributed by atoms with Gasteiger partial charge in [0.15, 0.2) is 0 Å². The summed E-state index contributed by atoms with van der Waals surface area (Å²) in [5.41, 5.74) is 7.42. The first-order valence-electron chi connectivity index (χ1n) is 5.62. The predicted molar refractivity (Wildman–Crippen MR) is 75.8 cm³/mol. The highest BCUT2D eigenvalue weighted by Gasteiger charge is 2.25. The Kier molecular flexibility index (Phi) is 3.85. The van der Waals surface area contributed by atoms with E-state index in [1.165, 1.54) is 0 Å². The molecule has 0 spiro atoms. The van der Waals surface area contributed by atoms with Gasteiger partial charge in [-0.15, -0.1) is 0 Å². The molecule has 17 heavy (non-hydrogen) atoms. The molecule has 1 aromatic carbocycles. The highest BCUT2D eigenvalue weighted by atomic mass is 79.9. The van der Waals surface area contributed by atoms with Crippen molar-refractivity contribution < 1.29 is 4.74 Å². The zero-order valence-electron chi connectivity index (χ0n) is 9.91. The van der Waals surface area contributed by atoms with Crippen LogP contribution in [0, 0.1) is 0 Å². The summed E-state index contributed by atoms with van der Waals surface area (Å²) in [6.07, 6.45) is 0.415. The van der Waals surface area contributed by atoms with E-state index >= 15 is 0 Å². The first-order chi connectivity index (χ1) is 7.97. The Morgan fingerprint density at radius 1 is 1.35 bits per heavy atom. The maximum atomic E-state index is 6.27. The number of morpholine rings is 1. The van der Waals surface area contributed by atoms with Gasteiger partial charge in [-0.2, -0.15) is 0 Å². The number of halogens is 2. The minimum atomic E-state index is 0.208. The predicted octanol–water partition coefficient (Wildman–Crippen LogP) is 3.30. The van der Waals surface area contributed by atoms with Gasteiger partial charge in [-0.1, -0.05) is 11.6 Å². The number of nitrogens with zero attached hydrogens (tertiary/aromatic N) is 1. The van der Waals surface area contributed by atoms with Crippen molar-refractivity contribution in [1.82, 2.24) is 0 Å². The number of nitrogens with two attached hydrogens (primary N) is 1. The number of ether oxygens (including phenoxy) is 1. The van der Waals surface area contributed by atoms with Crippen LogP contribution in [-0.4, -0.2) is 25.3 Å². The summed E-state index contributed by atoms with van der Waals surface area (Å²) < 4.78 is 6.65. The number of anilines is 2. The van der Waals surface area contributed by atoms with Gasteiger partial charge < -0.3 is 15.4 Å². The van der Waals surface area contributed by atoms with Crippen molar-refractivity contribution >= 4 is 38.9 Å². The Bertz CT molecular complexity index is 394. The van der Waals surface area contributed by atoms with Crippen molar-refractivity contribution in [2.75, 3.05) is 23.7 Å². The second-order valence-electron chi connectivity index (χ2n) is 4.50. The quantitative estimate of drug-likeness (QED) is 0.807. The van der Waals surface area contributed by atoms with Gasteiger partial charge in [0.25, 0.3) is 0 Å². The fourth-order valence-electron chi connectivity index (χ4n) is 2.25. The molecule has 0 saturated carbocycles. The lowest BCUT2D eigenvalue weighted by atomic mass is 10.2. The van der Waals surface area contributed by atoms with Crippen molar-refractivity contribution in [3.8, 4) is 0 Å². The molecule has 0 radical (unpaired) electrons. The van der Waals surface area contributed by atoms with Crippen LogP contribution in [0.2, 0.25) is 5.02 Å². The molecule has 5 heteroatoms. The van der Waals surface area contributed by atoms with Crippen LogP contribution >= 0.6 is 27.5 Å². The van der Waals surface area contributed by atoms with Crippen LogP contribution in [0.5, 0.6) is 0 Å². The Balaban J connectivity index is 2.33. The molecule has 0 bridgehead atoms. The fraction of sp³-hybridized carbons (Fsp3) is 0.500. The monoisotopic (exact) mass is 318 g/mol. The zero-order chi connectivity index (χ0) is 12.6. The lowest BCUT2D eigenvalue weighted by Crippen LogP contribution is -2.45. The van der Waals surface area contributed by atoms with E-state index < -0.39 is 0 Å². The Labute approximate surface area is 115 Å². The minimum Gasteiger partial charge on any atom is -0.399 e. The summed E-state index contributed by atoms with van der Waals surface area (Å²) in [7, 11) is 0. The van der Waals surface area contributed by atoms with Gasteiger partial charge in [-0.25, -0.2) is 0 Å². The molecule has 1 aromatic rings. The molecule has 1 heterocycles. The Hall–Kier alpha value is -0.450. The third-order valence-electron chi connectivity index (χ3n) is 2.78. The van der Waals surface area contributed by atoms with E-state index in [1.54, 1.807) is 6.07 Å². The molecule has 1 fully saturated rings. The number of nitrogen functional groups attached to an aromatic ring is 1. The lowest BCUT2D eigenvalue weighted by Gasteiger charge is -2.37. The second-order valence-corrected chi connectivity index (χ2v) is 5.76. The molecule has 94 valence electrons. The van der Waals surface area contributed by atoms with Crippen molar-refractivity contribution in [2.45, 2.75) is 26.1 Å². The zero-order valence-corrected chi connectivity index (χ0v) is 12.3. The van der Waals surface area contributed by atoms with Gasteiger partial charge >= 0.3 is 0 Å². The molecule has 1 aliphatic rings. The van der Waals surface area contributed by atoms with Gasteiger partial charge in [-0.05, 0) is 41.9 Å². The van der Waals surface area contributed by atoms with Crippen LogP contribution in [0.15, 0.2) is 16.6 Å². The van der Waals surface area contributed by atoms with Crippen LogP contribution in [-0.2, 0) is 4.74 Å². The number of hydrogen-bond acceptors (Lipinski definition) is 3. The van der Waals surface area contributed by atoms with E-state index in [2.05, 4.69) is 34.7 Å². The highest BCUT2D eigenvalue weighted by Crippen LogP contribution is 2.37. The molecule has 0 aliphatic carbocycles. The SMILES string of the molecule is C[C@@H]1CN(c2c(Cl)cc(N)cc2Br)C[C@H](C)O1. The first kappa shape index (κ1) is 13.0. The molecule has 3 nitrogen and oxygen atoms in total. The molecule has 0 amide bonds. The summed E-state index contributed by atoms with van der Waals surface area (Å²) in [5, 5.41) is 0.679. The van der Waals surface area contributed by atoms with Gasteiger partial charge in [0.2, 0.25) is 0 Å². The van der Waals surface area contributed by atoms with Crippen LogP contribution < -0.4 is 10.6 Å². The largest absolute Gasteiger partial charge is 0.399 e. The number of hydrogen-bond donors (Lipinski definition) is 1. The van der Waals surface area contributed by atoms with Crippen LogP contribution in [0.25, 0.3) is 0 Å². The van der Waals surface area contributed by atoms with E-state index in [-0.39, 0.29) is 12.2 Å². The average Bonchev–Trinajstić information content (AvgIpc) is 2.13. The van der Waals surface area contributed by atoms with Crippen molar-refractivity contribution in [2.24, 2.45) is 0 Å². The summed E-state index contributed by atoms with van der Waals surface area (Å²) >= 11 is 9.80. The molecular weight excluding hydrogens is 304 g/mol. The van der Waals surface area contributed by atoms with E-state index in [0.717, 1.165) is 23.2 Å². The first-order valence-corrected chi connectivity index (χ1v) is 6.79. The molecule has 1 aliphatic heterocycles. The fourth-order valence-corrected chi connectivity index (χ4v) is 3.44. The van der Waals surface area contributed by atoms with E-state index in [9.17, 15) is 0 Å². The van der Waals surface area contributed by atoms with Crippen molar-refractivity contribution in [1.29, 1.82) is 0 Å². The Morgan fingerprint density at radius 2 is 1.94 bits per heavy atom. The van der Waals surface area contributed by atoms with Crippen LogP contribution in [0.3, 0.4) is 0 Å². The van der Waals surface area contributed by atoms with E-state index in [0.29, 0.717) is 10.7 Å². The Morgan fingerprint density at radius 3 is 2.47 bits per heavy atom. The standard InChI is InChI=1S/C12H16BrClN2O/c1-7-5-16(6-8(2)17-7)12-10(13)3-9(15)4-11(12)14/h3-4,7-8H,5-6,15H2,1-2H3/t7-,8+. The smallest absolute Gasteiger partial charge is 0.0726 e. The minimum absolute atomic E-state index is 0.208. The normalized spacial score (nSPS) is 25.1. The average molecular weight is 320 g/mol. The van der Waals surface area contributed by atoms with Gasteiger partial charge in [0.05, 0.1) is 22.9 Å². The van der Waals surface area contributed by atoms with E-state index in [4.69, 9.17) is 22.1 Å². The van der Waals surface area contributed by atoms with E-state index in [1.807, 2.05) is 6.07 Å². The summed E-state index contributed by atoms with van der Waals surface area (Å²) in [6.45, 7) is 5.82. The topological polar surface area (TPSA) is 38.5 Å². The third kappa shape index (κ3) is 2.87. The third-order valence-corrected chi connectivity index (χ3v) is 3.67. The molecular formula is C12H16BrClN2O. The van der Waals surface area contributed by atoms with Gasteiger partial charge in [-0.3, -0.25) is 0 Å². The number of benzene rings is 1. The molecule has 2 N–H and O–H groups in total. The van der Waals surface area contributed by atoms with Crippen molar-refractivity contribution in [3.05, 3.63) is 21.6 Å². The van der Waals surface area contributed by atoms with Gasteiger partial charge in [0, 0.05) is 23.2 Å². The lowest BCUT2D eigenvalue weighted by molar-refractivity contribution is -0.00524. The molecule has 0 unspecified atom stereocenters. The molecule has 2 rings (SSSR count). The van der Waals surface area contributed by atoms with Crippen molar-refractivity contribution in [3.63, 3.8) is 0 Å². The molecule has 2 atom stereocenters. The summed E-state index contributed by atoms with van der Waals surface area (Å²) in [4.78, 5) is 2.24. The highest BCUT2D eigenvalue weighted by molar-refractivity contribution is 9.10. The summed E-state index contributed by atoms with van der Waals surface area (Å²) in [5.74, 6) is 0. The van der Waals surface area contributed by atoms with Gasteiger partial charge in [0.1, 0.15) is 0 Å². The maximum absolute atomic E-state index is 6.27. The second kappa shape index (κ2) is 5.04. The molecule has 1 saturated heterocycles.